The minimum Gasteiger partial charge on any atom is -0.504 e. The number of benzene rings is 1. The number of hydrazine groups is 1. The Bertz CT molecular complexity index is 515. The number of imide groups is 1. The summed E-state index contributed by atoms with van der Waals surface area (Å²) in [5.74, 6) is -4.81. The van der Waals surface area contributed by atoms with Crippen LogP contribution in [-0.2, 0) is 0 Å². The second-order valence-electron chi connectivity index (χ2n) is 3.15. The summed E-state index contributed by atoms with van der Waals surface area (Å²) in [5, 5.41) is 18.8. The number of nitrogens with zero attached hydrogens (tertiary/aromatic N) is 1. The molecule has 1 heterocycles. The van der Waals surface area contributed by atoms with Crippen LogP contribution in [0.3, 0.4) is 0 Å². The highest BCUT2D eigenvalue weighted by molar-refractivity contribution is 6.21. The molecule has 84 valence electrons. The minimum atomic E-state index is -1.30. The van der Waals surface area contributed by atoms with Crippen LogP contribution in [0.5, 0.6) is 11.5 Å². The lowest BCUT2D eigenvalue weighted by Crippen LogP contribution is -2.39. The van der Waals surface area contributed by atoms with Crippen LogP contribution in [-0.4, -0.2) is 34.1 Å². The van der Waals surface area contributed by atoms with Gasteiger partial charge in [-0.2, -0.15) is 0 Å². The summed E-state index contributed by atoms with van der Waals surface area (Å²) in [5.41, 5.74) is 1.45. The number of aromatic hydroxyl groups is 2. The van der Waals surface area contributed by atoms with E-state index in [0.717, 1.165) is 6.07 Å². The van der Waals surface area contributed by atoms with Gasteiger partial charge < -0.3 is 10.2 Å². The highest BCUT2D eigenvalue weighted by atomic mass is 19.1. The summed E-state index contributed by atoms with van der Waals surface area (Å²) in [4.78, 5) is 23.1. The molecule has 1 aromatic rings. The van der Waals surface area contributed by atoms with Crippen molar-refractivity contribution in [2.75, 3.05) is 7.05 Å². The van der Waals surface area contributed by atoms with Crippen LogP contribution in [0.1, 0.15) is 20.7 Å². The van der Waals surface area contributed by atoms with Gasteiger partial charge in [0, 0.05) is 7.05 Å². The van der Waals surface area contributed by atoms with E-state index in [-0.39, 0.29) is 5.56 Å². The monoisotopic (exact) mass is 226 g/mol. The molecule has 2 amide bonds. The lowest BCUT2D eigenvalue weighted by atomic mass is 10.1. The van der Waals surface area contributed by atoms with Crippen molar-refractivity contribution in [3.63, 3.8) is 0 Å². The molecule has 0 fully saturated rings. The van der Waals surface area contributed by atoms with Gasteiger partial charge in [-0.3, -0.25) is 9.59 Å². The van der Waals surface area contributed by atoms with Gasteiger partial charge in [0.25, 0.3) is 11.8 Å². The molecule has 0 bridgehead atoms. The van der Waals surface area contributed by atoms with Crippen LogP contribution in [0.25, 0.3) is 0 Å². The van der Waals surface area contributed by atoms with Crippen molar-refractivity contribution in [2.45, 2.75) is 0 Å². The lowest BCUT2D eigenvalue weighted by Gasteiger charge is -2.09. The fourth-order valence-corrected chi connectivity index (χ4v) is 1.53. The SMILES string of the molecule is CNN1C(=O)c2cc(O)c(O)c(F)c2C1=O. The number of amides is 2. The van der Waals surface area contributed by atoms with Crippen LogP contribution in [0.15, 0.2) is 6.07 Å². The Morgan fingerprint density at radius 1 is 1.31 bits per heavy atom. The van der Waals surface area contributed by atoms with E-state index in [1.165, 1.54) is 7.05 Å². The molecule has 3 N–H and O–H groups in total. The van der Waals surface area contributed by atoms with Gasteiger partial charge in [0.2, 0.25) is 0 Å². The van der Waals surface area contributed by atoms with Gasteiger partial charge in [0.1, 0.15) is 0 Å². The summed E-state index contributed by atoms with van der Waals surface area (Å²) in [7, 11) is 1.32. The fraction of sp³-hybridized carbons (Fsp3) is 0.111. The predicted octanol–water partition coefficient (Wildman–Crippen LogP) is -0.0327. The molecular formula is C9H7FN2O4. The number of hydrogen-bond donors (Lipinski definition) is 3. The van der Waals surface area contributed by atoms with Crippen LogP contribution >= 0.6 is 0 Å². The summed E-state index contributed by atoms with van der Waals surface area (Å²) in [6, 6.07) is 0.852. The van der Waals surface area contributed by atoms with Crippen molar-refractivity contribution < 1.29 is 24.2 Å². The van der Waals surface area contributed by atoms with Crippen LogP contribution in [0.2, 0.25) is 0 Å². The molecule has 1 aromatic carbocycles. The van der Waals surface area contributed by atoms with Gasteiger partial charge in [-0.15, -0.1) is 0 Å². The number of phenols is 2. The topological polar surface area (TPSA) is 89.9 Å². The summed E-state index contributed by atoms with van der Waals surface area (Å²) in [6.07, 6.45) is 0. The van der Waals surface area contributed by atoms with E-state index in [1.807, 2.05) is 0 Å². The summed E-state index contributed by atoms with van der Waals surface area (Å²) < 4.78 is 13.5. The van der Waals surface area contributed by atoms with Crippen molar-refractivity contribution in [2.24, 2.45) is 0 Å². The van der Waals surface area contributed by atoms with E-state index >= 15 is 0 Å². The minimum absolute atomic E-state index is 0.285. The molecule has 0 radical (unpaired) electrons. The van der Waals surface area contributed by atoms with E-state index in [2.05, 4.69) is 5.43 Å². The maximum Gasteiger partial charge on any atom is 0.279 e. The molecule has 1 aliphatic heterocycles. The van der Waals surface area contributed by atoms with Gasteiger partial charge in [0.15, 0.2) is 17.3 Å². The molecule has 2 rings (SSSR count). The third-order valence-electron chi connectivity index (χ3n) is 2.29. The zero-order chi connectivity index (χ0) is 12.0. The predicted molar refractivity (Wildman–Crippen MR) is 49.3 cm³/mol. The van der Waals surface area contributed by atoms with E-state index in [9.17, 15) is 14.0 Å². The standard InChI is InChI=1S/C9H7FN2O4/c1-11-12-8(15)3-2-4(13)7(14)6(10)5(3)9(12)16/h2,11,13-14H,1H3. The first kappa shape index (κ1) is 10.4. The Balaban J connectivity index is 2.73. The van der Waals surface area contributed by atoms with Gasteiger partial charge in [-0.05, 0) is 6.07 Å². The van der Waals surface area contributed by atoms with E-state index in [1.54, 1.807) is 0 Å². The van der Waals surface area contributed by atoms with Gasteiger partial charge in [0.05, 0.1) is 11.1 Å². The van der Waals surface area contributed by atoms with Crippen molar-refractivity contribution in [3.8, 4) is 11.5 Å². The van der Waals surface area contributed by atoms with Crippen molar-refractivity contribution in [1.82, 2.24) is 10.4 Å². The normalized spacial score (nSPS) is 14.5. The number of rotatable bonds is 1. The second-order valence-corrected chi connectivity index (χ2v) is 3.15. The zero-order valence-electron chi connectivity index (χ0n) is 8.11. The summed E-state index contributed by atoms with van der Waals surface area (Å²) in [6.45, 7) is 0. The molecule has 0 saturated heterocycles. The fourth-order valence-electron chi connectivity index (χ4n) is 1.53. The highest BCUT2D eigenvalue weighted by Gasteiger charge is 2.39. The number of halogens is 1. The largest absolute Gasteiger partial charge is 0.504 e. The molecule has 0 saturated carbocycles. The first-order valence-corrected chi connectivity index (χ1v) is 4.29. The zero-order valence-corrected chi connectivity index (χ0v) is 8.11. The molecular weight excluding hydrogens is 219 g/mol. The number of nitrogens with one attached hydrogen (secondary N) is 1. The first-order chi connectivity index (χ1) is 7.49. The van der Waals surface area contributed by atoms with Gasteiger partial charge in [-0.1, -0.05) is 0 Å². The highest BCUT2D eigenvalue weighted by Crippen LogP contribution is 2.36. The van der Waals surface area contributed by atoms with Crippen LogP contribution in [0, 0.1) is 5.82 Å². The number of phenolic OH excluding ortho intramolecular Hbond substituents is 2. The van der Waals surface area contributed by atoms with Crippen LogP contribution in [0.4, 0.5) is 4.39 Å². The molecule has 1 aliphatic rings. The quantitative estimate of drug-likeness (QED) is 0.462. The average molecular weight is 226 g/mol. The lowest BCUT2D eigenvalue weighted by molar-refractivity contribution is 0.0585. The maximum absolute atomic E-state index is 13.5. The smallest absolute Gasteiger partial charge is 0.279 e. The first-order valence-electron chi connectivity index (χ1n) is 4.29. The number of carbonyl (C=O) groups excluding carboxylic acids is 2. The van der Waals surface area contributed by atoms with Gasteiger partial charge in [-0.25, -0.2) is 14.8 Å². The van der Waals surface area contributed by atoms with Crippen LogP contribution < -0.4 is 5.43 Å². The van der Waals surface area contributed by atoms with E-state index in [0.29, 0.717) is 5.01 Å². The number of carbonyl (C=O) groups is 2. The molecule has 0 unspecified atom stereocenters. The number of hydrogen-bond acceptors (Lipinski definition) is 5. The third-order valence-corrected chi connectivity index (χ3v) is 2.29. The molecule has 0 atom stereocenters. The average Bonchev–Trinajstić information content (AvgIpc) is 2.48. The Hall–Kier alpha value is -2.15. The Labute approximate surface area is 88.9 Å². The van der Waals surface area contributed by atoms with Crippen molar-refractivity contribution in [1.29, 1.82) is 0 Å². The van der Waals surface area contributed by atoms with Crippen molar-refractivity contribution >= 4 is 11.8 Å². The molecule has 0 spiro atoms. The number of fused-ring (bicyclic) bond motifs is 1. The van der Waals surface area contributed by atoms with Crippen molar-refractivity contribution in [3.05, 3.63) is 23.0 Å². The maximum atomic E-state index is 13.5. The molecule has 0 aliphatic carbocycles. The second kappa shape index (κ2) is 3.17. The Kier molecular flexibility index (Phi) is 2.06. The Morgan fingerprint density at radius 3 is 2.50 bits per heavy atom. The molecule has 0 aromatic heterocycles. The third kappa shape index (κ3) is 1.09. The summed E-state index contributed by atoms with van der Waals surface area (Å²) >= 11 is 0. The van der Waals surface area contributed by atoms with E-state index < -0.39 is 34.7 Å². The molecule has 16 heavy (non-hydrogen) atoms. The van der Waals surface area contributed by atoms with E-state index in [4.69, 9.17) is 10.2 Å². The van der Waals surface area contributed by atoms with Gasteiger partial charge >= 0.3 is 0 Å². The Morgan fingerprint density at radius 2 is 1.94 bits per heavy atom. The molecule has 6 nitrogen and oxygen atoms in total. The molecule has 7 heteroatoms.